The zero-order chi connectivity index (χ0) is 18.1. The van der Waals surface area contributed by atoms with E-state index in [2.05, 4.69) is 0 Å². The summed E-state index contributed by atoms with van der Waals surface area (Å²) in [5.41, 5.74) is 1.51. The molecular weight excluding hydrogens is 324 g/mol. The van der Waals surface area contributed by atoms with E-state index >= 15 is 0 Å². The van der Waals surface area contributed by atoms with Crippen LogP contribution in [0.25, 0.3) is 0 Å². The lowest BCUT2D eigenvalue weighted by atomic mass is 9.73. The lowest BCUT2D eigenvalue weighted by Crippen LogP contribution is -2.31. The van der Waals surface area contributed by atoms with Crippen LogP contribution in [0.5, 0.6) is 0 Å². The van der Waals surface area contributed by atoms with Gasteiger partial charge in [-0.25, -0.2) is 0 Å². The van der Waals surface area contributed by atoms with Crippen molar-refractivity contribution in [3.05, 3.63) is 56.8 Å². The zero-order valence-corrected chi connectivity index (χ0v) is 15.1. The standard InChI is InChI=1S/C19H22O4S/c1-11-5-6-13(9-14(11)10-20)17(19(3,4)18(22)23)16-8-7-15(24-16)12(2)21/h5-9,17,20H,10H2,1-4H3,(H,22,23). The van der Waals surface area contributed by atoms with Crippen molar-refractivity contribution in [3.63, 3.8) is 0 Å². The largest absolute Gasteiger partial charge is 0.481 e. The minimum Gasteiger partial charge on any atom is -0.481 e. The Labute approximate surface area is 145 Å². The number of aliphatic hydroxyl groups is 1. The molecule has 0 aliphatic rings. The maximum Gasteiger partial charge on any atom is 0.310 e. The predicted octanol–water partition coefficient (Wildman–Crippen LogP) is 3.99. The molecule has 0 saturated heterocycles. The fraction of sp³-hybridized carbons (Fsp3) is 0.368. The molecule has 2 aromatic rings. The van der Waals surface area contributed by atoms with E-state index in [4.69, 9.17) is 0 Å². The molecule has 0 radical (unpaired) electrons. The molecule has 5 heteroatoms. The Morgan fingerprint density at radius 3 is 2.38 bits per heavy atom. The number of benzene rings is 1. The number of Topliss-reactive ketones (excluding diaryl/α,β-unsaturated/α-hetero) is 1. The SMILES string of the molecule is CC(=O)c1ccc(C(c2ccc(C)c(CO)c2)C(C)(C)C(=O)O)s1. The maximum absolute atomic E-state index is 11.9. The summed E-state index contributed by atoms with van der Waals surface area (Å²) in [6.07, 6.45) is 0. The Morgan fingerprint density at radius 1 is 1.21 bits per heavy atom. The van der Waals surface area contributed by atoms with Crippen LogP contribution in [0.15, 0.2) is 30.3 Å². The first kappa shape index (κ1) is 18.4. The van der Waals surface area contributed by atoms with Crippen LogP contribution in [-0.4, -0.2) is 22.0 Å². The molecule has 1 atom stereocenters. The van der Waals surface area contributed by atoms with Gasteiger partial charge in [0.2, 0.25) is 0 Å². The summed E-state index contributed by atoms with van der Waals surface area (Å²) >= 11 is 1.33. The monoisotopic (exact) mass is 346 g/mol. The van der Waals surface area contributed by atoms with Gasteiger partial charge in [0.1, 0.15) is 0 Å². The Hall–Kier alpha value is -1.98. The fourth-order valence-electron chi connectivity index (χ4n) is 2.80. The molecule has 0 spiro atoms. The van der Waals surface area contributed by atoms with E-state index in [1.807, 2.05) is 31.2 Å². The van der Waals surface area contributed by atoms with Gasteiger partial charge in [-0.2, -0.15) is 0 Å². The highest BCUT2D eigenvalue weighted by Gasteiger charge is 2.40. The fourth-order valence-corrected chi connectivity index (χ4v) is 4.02. The number of carboxylic acid groups (broad SMARTS) is 1. The number of hydrogen-bond acceptors (Lipinski definition) is 4. The van der Waals surface area contributed by atoms with Crippen molar-refractivity contribution in [1.82, 2.24) is 0 Å². The van der Waals surface area contributed by atoms with Gasteiger partial charge >= 0.3 is 5.97 Å². The summed E-state index contributed by atoms with van der Waals surface area (Å²) in [4.78, 5) is 24.9. The lowest BCUT2D eigenvalue weighted by molar-refractivity contribution is -0.147. The summed E-state index contributed by atoms with van der Waals surface area (Å²) in [5.74, 6) is -1.34. The number of thiophene rings is 1. The van der Waals surface area contributed by atoms with E-state index in [1.165, 1.54) is 18.3 Å². The molecule has 0 fully saturated rings. The highest BCUT2D eigenvalue weighted by atomic mass is 32.1. The van der Waals surface area contributed by atoms with Gasteiger partial charge in [-0.15, -0.1) is 11.3 Å². The molecule has 0 bridgehead atoms. The van der Waals surface area contributed by atoms with E-state index in [9.17, 15) is 19.8 Å². The van der Waals surface area contributed by atoms with Crippen LogP contribution >= 0.6 is 11.3 Å². The molecule has 0 amide bonds. The maximum atomic E-state index is 11.9. The van der Waals surface area contributed by atoms with Gasteiger partial charge in [-0.1, -0.05) is 18.2 Å². The molecule has 128 valence electrons. The van der Waals surface area contributed by atoms with Crippen molar-refractivity contribution in [2.24, 2.45) is 5.41 Å². The molecule has 1 unspecified atom stereocenters. The quantitative estimate of drug-likeness (QED) is 0.776. The van der Waals surface area contributed by atoms with Gasteiger partial charge in [0.25, 0.3) is 0 Å². The van der Waals surface area contributed by atoms with Crippen LogP contribution in [0, 0.1) is 12.3 Å². The highest BCUT2D eigenvalue weighted by molar-refractivity contribution is 7.14. The molecule has 2 rings (SSSR count). The number of hydrogen-bond donors (Lipinski definition) is 2. The topological polar surface area (TPSA) is 74.6 Å². The number of carbonyl (C=O) groups is 2. The van der Waals surface area contributed by atoms with Gasteiger partial charge in [0.15, 0.2) is 5.78 Å². The van der Waals surface area contributed by atoms with Crippen LogP contribution in [0.4, 0.5) is 0 Å². The van der Waals surface area contributed by atoms with E-state index < -0.39 is 17.3 Å². The number of ketones is 1. The first-order valence-corrected chi connectivity index (χ1v) is 8.54. The summed E-state index contributed by atoms with van der Waals surface area (Å²) in [6, 6.07) is 9.23. The number of carboxylic acids is 1. The lowest BCUT2D eigenvalue weighted by Gasteiger charge is -2.30. The Bertz CT molecular complexity index is 773. The van der Waals surface area contributed by atoms with Crippen molar-refractivity contribution in [3.8, 4) is 0 Å². The number of carbonyl (C=O) groups excluding carboxylic acids is 1. The van der Waals surface area contributed by atoms with Gasteiger partial charge in [0.05, 0.1) is 16.9 Å². The van der Waals surface area contributed by atoms with Crippen molar-refractivity contribution in [2.75, 3.05) is 0 Å². The third kappa shape index (κ3) is 3.42. The normalized spacial score (nSPS) is 12.9. The zero-order valence-electron chi connectivity index (χ0n) is 14.3. The van der Waals surface area contributed by atoms with Crippen molar-refractivity contribution in [2.45, 2.75) is 40.2 Å². The molecule has 2 N–H and O–H groups in total. The first-order chi connectivity index (χ1) is 11.2. The summed E-state index contributed by atoms with van der Waals surface area (Å²) in [6.45, 7) is 6.69. The second-order valence-electron chi connectivity index (χ2n) is 6.56. The van der Waals surface area contributed by atoms with E-state index in [0.29, 0.717) is 4.88 Å². The second kappa shape index (κ2) is 6.87. The van der Waals surface area contributed by atoms with E-state index in [-0.39, 0.29) is 12.4 Å². The molecule has 0 aliphatic heterocycles. The van der Waals surface area contributed by atoms with E-state index in [0.717, 1.165) is 21.6 Å². The third-order valence-electron chi connectivity index (χ3n) is 4.41. The molecule has 1 aromatic carbocycles. The Balaban J connectivity index is 2.63. The minimum atomic E-state index is -1.05. The smallest absolute Gasteiger partial charge is 0.310 e. The average molecular weight is 346 g/mol. The summed E-state index contributed by atoms with van der Waals surface area (Å²) < 4.78 is 0. The van der Waals surface area contributed by atoms with Crippen LogP contribution < -0.4 is 0 Å². The highest BCUT2D eigenvalue weighted by Crippen LogP contribution is 2.44. The molecule has 1 aromatic heterocycles. The van der Waals surface area contributed by atoms with Gasteiger partial charge < -0.3 is 10.2 Å². The first-order valence-electron chi connectivity index (χ1n) is 7.72. The molecular formula is C19H22O4S. The molecule has 24 heavy (non-hydrogen) atoms. The molecule has 4 nitrogen and oxygen atoms in total. The number of aryl methyl sites for hydroxylation is 1. The van der Waals surface area contributed by atoms with Gasteiger partial charge in [0, 0.05) is 10.8 Å². The van der Waals surface area contributed by atoms with Crippen LogP contribution in [-0.2, 0) is 11.4 Å². The molecule has 1 heterocycles. The van der Waals surface area contributed by atoms with Crippen molar-refractivity contribution in [1.29, 1.82) is 0 Å². The predicted molar refractivity (Wildman–Crippen MR) is 94.7 cm³/mol. The Kier molecular flexibility index (Phi) is 5.26. The summed E-state index contributed by atoms with van der Waals surface area (Å²) in [7, 11) is 0. The van der Waals surface area contributed by atoms with E-state index in [1.54, 1.807) is 19.9 Å². The minimum absolute atomic E-state index is 0.0296. The number of aliphatic hydroxyl groups excluding tert-OH is 1. The molecule has 0 aliphatic carbocycles. The van der Waals surface area contributed by atoms with Crippen molar-refractivity contribution >= 4 is 23.1 Å². The van der Waals surface area contributed by atoms with Crippen LogP contribution in [0.3, 0.4) is 0 Å². The van der Waals surface area contributed by atoms with Gasteiger partial charge in [-0.3, -0.25) is 9.59 Å². The van der Waals surface area contributed by atoms with Crippen molar-refractivity contribution < 1.29 is 19.8 Å². The summed E-state index contributed by atoms with van der Waals surface area (Å²) in [5, 5.41) is 19.2. The average Bonchev–Trinajstić information content (AvgIpc) is 2.98. The van der Waals surface area contributed by atoms with Crippen LogP contribution in [0.1, 0.15) is 57.9 Å². The number of rotatable bonds is 6. The van der Waals surface area contributed by atoms with Gasteiger partial charge in [-0.05, 0) is 56.5 Å². The second-order valence-corrected chi connectivity index (χ2v) is 7.68. The Morgan fingerprint density at radius 2 is 1.88 bits per heavy atom. The third-order valence-corrected chi connectivity index (χ3v) is 5.66. The molecule has 0 saturated carbocycles. The number of aliphatic carboxylic acids is 1. The van der Waals surface area contributed by atoms with Crippen LogP contribution in [0.2, 0.25) is 0 Å².